The fourth-order valence-electron chi connectivity index (χ4n) is 14.4. The van der Waals surface area contributed by atoms with Crippen LogP contribution in [0.15, 0.2) is 242 Å². The Bertz CT molecular complexity index is 6700. The lowest BCUT2D eigenvalue weighted by molar-refractivity contribution is -0.138. The molecular weight excluding hydrogens is 1630 g/mol. The van der Waals surface area contributed by atoms with Crippen molar-refractivity contribution in [1.82, 2.24) is 48.9 Å². The van der Waals surface area contributed by atoms with Crippen LogP contribution in [-0.2, 0) is 136 Å². The molecule has 125 heavy (non-hydrogen) atoms. The van der Waals surface area contributed by atoms with E-state index in [9.17, 15) is 78.7 Å². The zero-order valence-corrected chi connectivity index (χ0v) is 70.7. The summed E-state index contributed by atoms with van der Waals surface area (Å²) >= 11 is 6.11. The van der Waals surface area contributed by atoms with Gasteiger partial charge < -0.3 is 0 Å². The number of rotatable bonds is 20. The maximum atomic E-state index is 13.6. The molecule has 28 heteroatoms. The second-order valence-electron chi connectivity index (χ2n) is 30.5. The summed E-state index contributed by atoms with van der Waals surface area (Å²) in [6.45, 7) is 8.38. The number of ketones is 5. The monoisotopic (exact) mass is 1720 g/mol. The SMILES string of the molecule is Cc1ccc(CC(=O)Cc2nn(C)c(=O)c3ccccc23)cc1C(F)(F)F.Cc1ccc(CC(=O)Cc2nn(C)c(=O)c3ccccc23)cc1C(F)(F)F.Cc1ccc(CC(=O)Cc2nn(C)c(=O)c3ccccc23)cc1Cl.Cc1ccc(CC(=O)Cc2nn(C)c(=O)c3ccccc23)cc1F.Cc1cccc(CC(=O)Cc2nn(C)c(=O)c3ccccc23)c1. The molecule has 0 aliphatic rings. The van der Waals surface area contributed by atoms with Gasteiger partial charge in [0.2, 0.25) is 0 Å². The predicted octanol–water partition coefficient (Wildman–Crippen LogP) is 15.8. The highest BCUT2D eigenvalue weighted by atomic mass is 35.5. The lowest BCUT2D eigenvalue weighted by Gasteiger charge is -2.12. The van der Waals surface area contributed by atoms with E-state index in [0.29, 0.717) is 112 Å². The van der Waals surface area contributed by atoms with E-state index in [1.165, 1.54) is 81.7 Å². The van der Waals surface area contributed by atoms with E-state index < -0.39 is 23.5 Å². The maximum absolute atomic E-state index is 13.6. The highest BCUT2D eigenvalue weighted by Crippen LogP contribution is 2.35. The number of benzene rings is 10. The van der Waals surface area contributed by atoms with Crippen LogP contribution in [0.5, 0.6) is 0 Å². The highest BCUT2D eigenvalue weighted by molar-refractivity contribution is 6.31. The highest BCUT2D eigenvalue weighted by Gasteiger charge is 2.34. The number of hydrogen-bond donors (Lipinski definition) is 0. The molecule has 15 rings (SSSR count). The molecule has 0 bridgehead atoms. The summed E-state index contributed by atoms with van der Waals surface area (Å²) < 4.78 is 98.0. The zero-order valence-electron chi connectivity index (χ0n) is 69.9. The molecule has 0 fully saturated rings. The summed E-state index contributed by atoms with van der Waals surface area (Å²) in [4.78, 5) is 123. The summed E-state index contributed by atoms with van der Waals surface area (Å²) in [7, 11) is 7.78. The Morgan fingerprint density at radius 3 is 0.760 bits per heavy atom. The lowest BCUT2D eigenvalue weighted by atomic mass is 9.99. The van der Waals surface area contributed by atoms with Crippen molar-refractivity contribution in [2.24, 2.45) is 35.2 Å². The molecule has 10 aromatic carbocycles. The van der Waals surface area contributed by atoms with Crippen molar-refractivity contribution in [3.8, 4) is 0 Å². The summed E-state index contributed by atoms with van der Waals surface area (Å²) in [5.41, 5.74) is 6.21. The van der Waals surface area contributed by atoms with E-state index in [1.807, 2.05) is 98.8 Å². The van der Waals surface area contributed by atoms with Crippen molar-refractivity contribution in [3.63, 3.8) is 0 Å². The number of hydrogen-bond acceptors (Lipinski definition) is 15. The van der Waals surface area contributed by atoms with Crippen molar-refractivity contribution >= 4 is 94.4 Å². The Kier molecular flexibility index (Phi) is 29.3. The number of fused-ring (bicyclic) bond motifs is 5. The molecule has 0 N–H and O–H groups in total. The number of carbonyl (C=O) groups excluding carboxylic acids is 5. The van der Waals surface area contributed by atoms with Crippen LogP contribution < -0.4 is 27.8 Å². The molecule has 0 radical (unpaired) electrons. The zero-order chi connectivity index (χ0) is 90.5. The molecule has 0 atom stereocenters. The van der Waals surface area contributed by atoms with E-state index in [-0.39, 0.29) is 125 Å². The Morgan fingerprint density at radius 1 is 0.280 bits per heavy atom. The van der Waals surface area contributed by atoms with Crippen molar-refractivity contribution in [2.45, 2.75) is 111 Å². The average molecular weight is 1720 g/mol. The third kappa shape index (κ3) is 23.3. The second-order valence-corrected chi connectivity index (χ2v) is 30.9. The van der Waals surface area contributed by atoms with Crippen molar-refractivity contribution < 1.29 is 54.7 Å². The van der Waals surface area contributed by atoms with Crippen LogP contribution in [-0.4, -0.2) is 77.8 Å². The summed E-state index contributed by atoms with van der Waals surface area (Å²) in [5, 5.41) is 27.7. The van der Waals surface area contributed by atoms with Crippen molar-refractivity contribution in [2.75, 3.05) is 0 Å². The average Bonchev–Trinajstić information content (AvgIpc) is 0.795. The van der Waals surface area contributed by atoms with Crippen LogP contribution in [0.25, 0.3) is 53.9 Å². The van der Waals surface area contributed by atoms with E-state index in [0.717, 1.165) is 45.2 Å². The third-order valence-electron chi connectivity index (χ3n) is 20.8. The molecule has 0 unspecified atom stereocenters. The second kappa shape index (κ2) is 39.9. The fraction of sp³-hybridized carbons (Fsp3) is 0.227. The van der Waals surface area contributed by atoms with Gasteiger partial charge in [0.25, 0.3) is 27.8 Å². The molecule has 0 spiro atoms. The number of aromatic nitrogens is 10. The first-order valence-electron chi connectivity index (χ1n) is 39.5. The van der Waals surface area contributed by atoms with Gasteiger partial charge in [0.15, 0.2) is 0 Å². The molecule has 5 heterocycles. The summed E-state index contributed by atoms with van der Waals surface area (Å²) in [6.07, 6.45) is -8.02. The molecule has 0 aliphatic carbocycles. The quantitative estimate of drug-likeness (QED) is 0.0642. The number of carbonyl (C=O) groups is 5. The lowest BCUT2D eigenvalue weighted by Crippen LogP contribution is -2.22. The minimum absolute atomic E-state index is 0.0335. The molecule has 640 valence electrons. The van der Waals surface area contributed by atoms with Crippen LogP contribution in [0.1, 0.15) is 95.2 Å². The predicted molar refractivity (Wildman–Crippen MR) is 468 cm³/mol. The maximum Gasteiger partial charge on any atom is 0.416 e. The van der Waals surface area contributed by atoms with E-state index in [1.54, 1.807) is 119 Å². The normalized spacial score (nSPS) is 11.3. The molecule has 0 aliphatic heterocycles. The van der Waals surface area contributed by atoms with E-state index in [2.05, 4.69) is 25.5 Å². The minimum atomic E-state index is -4.46. The molecule has 0 saturated carbocycles. The Balaban J connectivity index is 0.000000152. The van der Waals surface area contributed by atoms with Gasteiger partial charge in [0.1, 0.15) is 34.7 Å². The molecule has 0 saturated heterocycles. The number of Topliss-reactive ketones (excluding diaryl/α,β-unsaturated/α-hetero) is 5. The number of aryl methyl sites for hydroxylation is 10. The van der Waals surface area contributed by atoms with Gasteiger partial charge in [-0.25, -0.2) is 27.8 Å². The standard InChI is InChI=1S/2C20H17F3N2O2.C19H17ClN2O2.C19H17FN2O2.C19H18N2O2/c2*1-12-7-8-13(10-17(12)20(21,22)23)9-14(26)11-18-15-5-3-4-6-16(15)19(27)25(2)24-18;2*1-12-7-8-13(10-17(12)20)9-14(23)11-18-15-5-3-4-6-16(15)19(24)22(2)21-18;1-13-6-5-7-14(10-13)11-15(22)12-18-16-8-3-4-9-17(16)19(23)21(2)20-18/h2*3-8,10H,9,11H2,1-2H3;2*3-8,10H,9,11H2,1-2H3;3-10H,11-12H2,1-2H3. The van der Waals surface area contributed by atoms with Gasteiger partial charge in [0.05, 0.1) is 98.6 Å². The molecule has 5 aromatic heterocycles. The van der Waals surface area contributed by atoms with Crippen LogP contribution in [0, 0.1) is 40.4 Å². The summed E-state index contributed by atoms with van der Waals surface area (Å²) in [6, 6.07) is 61.5. The molecule has 15 aromatic rings. The van der Waals surface area contributed by atoms with Crippen LogP contribution in [0.4, 0.5) is 30.7 Å². The van der Waals surface area contributed by atoms with Gasteiger partial charge >= 0.3 is 12.4 Å². The first-order chi connectivity index (χ1) is 59.3. The first kappa shape index (κ1) is 91.8. The van der Waals surface area contributed by atoms with Crippen LogP contribution >= 0.6 is 11.6 Å². The minimum Gasteiger partial charge on any atom is -0.299 e. The molecule has 0 amide bonds. The first-order valence-corrected chi connectivity index (χ1v) is 39.9. The van der Waals surface area contributed by atoms with Gasteiger partial charge in [-0.15, -0.1) is 0 Å². The third-order valence-corrected chi connectivity index (χ3v) is 21.2. The van der Waals surface area contributed by atoms with Crippen molar-refractivity contribution in [3.05, 3.63) is 376 Å². The van der Waals surface area contributed by atoms with Gasteiger partial charge in [-0.3, -0.25) is 47.9 Å². The number of alkyl halides is 6. The van der Waals surface area contributed by atoms with E-state index >= 15 is 0 Å². The van der Waals surface area contributed by atoms with E-state index in [4.69, 9.17) is 11.6 Å². The van der Waals surface area contributed by atoms with Crippen molar-refractivity contribution in [1.29, 1.82) is 0 Å². The fourth-order valence-corrected chi connectivity index (χ4v) is 14.6. The Hall–Kier alpha value is -14.0. The Labute approximate surface area is 716 Å². The van der Waals surface area contributed by atoms with Gasteiger partial charge in [-0.1, -0.05) is 181 Å². The van der Waals surface area contributed by atoms with Gasteiger partial charge in [0, 0.05) is 99.3 Å². The topological polar surface area (TPSA) is 260 Å². The smallest absolute Gasteiger partial charge is 0.299 e. The number of nitrogens with zero attached hydrogens (tertiary/aromatic N) is 10. The van der Waals surface area contributed by atoms with Crippen LogP contribution in [0.2, 0.25) is 5.02 Å². The number of halogens is 8. The van der Waals surface area contributed by atoms with Gasteiger partial charge in [-0.2, -0.15) is 51.8 Å². The summed E-state index contributed by atoms with van der Waals surface area (Å²) in [5.74, 6) is -0.815. The van der Waals surface area contributed by atoms with Crippen LogP contribution in [0.3, 0.4) is 0 Å². The largest absolute Gasteiger partial charge is 0.416 e. The van der Waals surface area contributed by atoms with Gasteiger partial charge in [-0.05, 0) is 139 Å². The Morgan fingerprint density at radius 2 is 0.512 bits per heavy atom. The molecule has 20 nitrogen and oxygen atoms in total. The molecular formula is C97H86ClF7N10O10.